The van der Waals surface area contributed by atoms with Crippen LogP contribution in [-0.2, 0) is 4.79 Å². The third-order valence-corrected chi connectivity index (χ3v) is 8.35. The molecule has 0 radical (unpaired) electrons. The third-order valence-electron chi connectivity index (χ3n) is 8.35. The molecule has 0 heterocycles. The Morgan fingerprint density at radius 3 is 2.75 bits per heavy atom. The fourth-order valence-corrected chi connectivity index (χ4v) is 7.26. The molecule has 2 heteroatoms. The van der Waals surface area contributed by atoms with Crippen molar-refractivity contribution in [3.63, 3.8) is 0 Å². The van der Waals surface area contributed by atoms with E-state index in [1.165, 1.54) is 44.1 Å². The molecule has 2 fully saturated rings. The Labute approximate surface area is 146 Å². The Hall–Kier alpha value is -0.890. The van der Waals surface area contributed by atoms with E-state index in [4.69, 9.17) is 0 Å². The van der Waals surface area contributed by atoms with Crippen LogP contribution in [0.15, 0.2) is 22.8 Å². The van der Waals surface area contributed by atoms with Gasteiger partial charge < -0.3 is 5.11 Å². The van der Waals surface area contributed by atoms with Gasteiger partial charge in [0.2, 0.25) is 0 Å². The van der Waals surface area contributed by atoms with Gasteiger partial charge in [-0.1, -0.05) is 37.5 Å². The molecule has 0 bridgehead atoms. The van der Waals surface area contributed by atoms with Crippen LogP contribution >= 0.6 is 0 Å². The van der Waals surface area contributed by atoms with E-state index in [0.29, 0.717) is 11.3 Å². The summed E-state index contributed by atoms with van der Waals surface area (Å²) in [5.41, 5.74) is 4.40. The van der Waals surface area contributed by atoms with Gasteiger partial charge in [0.05, 0.1) is 0 Å². The van der Waals surface area contributed by atoms with Crippen molar-refractivity contribution in [2.24, 2.45) is 28.6 Å². The van der Waals surface area contributed by atoms with Crippen molar-refractivity contribution < 1.29 is 9.90 Å². The summed E-state index contributed by atoms with van der Waals surface area (Å²) in [6.07, 6.45) is 12.7. The molecule has 0 spiro atoms. The molecule has 0 aliphatic heterocycles. The van der Waals surface area contributed by atoms with Gasteiger partial charge in [-0.05, 0) is 80.5 Å². The van der Waals surface area contributed by atoms with E-state index in [1.54, 1.807) is 5.57 Å². The zero-order valence-corrected chi connectivity index (χ0v) is 15.5. The predicted octanol–water partition coefficient (Wildman–Crippen LogP) is 4.83. The van der Waals surface area contributed by atoms with Gasteiger partial charge in [0.1, 0.15) is 6.61 Å². The number of hydrogen-bond acceptors (Lipinski definition) is 2. The van der Waals surface area contributed by atoms with Crippen molar-refractivity contribution in [3.05, 3.63) is 22.8 Å². The van der Waals surface area contributed by atoms with Gasteiger partial charge >= 0.3 is 0 Å². The van der Waals surface area contributed by atoms with E-state index in [0.717, 1.165) is 30.3 Å². The Morgan fingerprint density at radius 2 is 2.00 bits per heavy atom. The summed E-state index contributed by atoms with van der Waals surface area (Å²) in [5, 5.41) is 9.45. The second kappa shape index (κ2) is 5.56. The molecule has 4 rings (SSSR count). The summed E-state index contributed by atoms with van der Waals surface area (Å²) in [4.78, 5) is 12.4. The molecular weight excluding hydrogens is 296 g/mol. The lowest BCUT2D eigenvalue weighted by atomic mass is 9.47. The number of aliphatic hydroxyl groups excluding tert-OH is 1. The van der Waals surface area contributed by atoms with E-state index in [1.807, 2.05) is 0 Å². The minimum Gasteiger partial charge on any atom is -0.388 e. The van der Waals surface area contributed by atoms with E-state index >= 15 is 0 Å². The smallest absolute Gasteiger partial charge is 0.184 e. The summed E-state index contributed by atoms with van der Waals surface area (Å²) < 4.78 is 0. The average molecular weight is 328 g/mol. The normalized spacial score (nSPS) is 44.5. The van der Waals surface area contributed by atoms with Crippen molar-refractivity contribution in [1.82, 2.24) is 0 Å². The maximum atomic E-state index is 12.4. The number of Topliss-reactive ketones (excluding diaryl/α,β-unsaturated/α-hetero) is 1. The Balaban J connectivity index is 1.70. The fourth-order valence-electron chi connectivity index (χ4n) is 7.26. The van der Waals surface area contributed by atoms with Crippen LogP contribution in [0.25, 0.3) is 0 Å². The highest BCUT2D eigenvalue weighted by atomic mass is 16.3. The number of rotatable bonds is 2. The summed E-state index contributed by atoms with van der Waals surface area (Å²) in [5.74, 6) is 2.09. The maximum absolute atomic E-state index is 12.4. The lowest BCUT2D eigenvalue weighted by Gasteiger charge is -2.57. The quantitative estimate of drug-likeness (QED) is 0.737. The molecular formula is C22H32O2. The number of ketones is 1. The highest BCUT2D eigenvalue weighted by molar-refractivity contribution is 5.98. The van der Waals surface area contributed by atoms with Gasteiger partial charge in [-0.15, -0.1) is 0 Å². The number of allylic oxidation sites excluding steroid dienone is 3. The van der Waals surface area contributed by atoms with Gasteiger partial charge in [-0.3, -0.25) is 4.79 Å². The van der Waals surface area contributed by atoms with Crippen molar-refractivity contribution >= 4 is 5.78 Å². The van der Waals surface area contributed by atoms with E-state index in [-0.39, 0.29) is 17.8 Å². The second-order valence-corrected chi connectivity index (χ2v) is 9.36. The zero-order valence-electron chi connectivity index (χ0n) is 15.5. The van der Waals surface area contributed by atoms with Crippen LogP contribution < -0.4 is 0 Å². The van der Waals surface area contributed by atoms with E-state index in [2.05, 4.69) is 26.8 Å². The summed E-state index contributed by atoms with van der Waals surface area (Å²) in [6, 6.07) is 0. The van der Waals surface area contributed by atoms with Gasteiger partial charge in [0.25, 0.3) is 0 Å². The van der Waals surface area contributed by atoms with Crippen LogP contribution in [0, 0.1) is 28.6 Å². The largest absolute Gasteiger partial charge is 0.388 e. The monoisotopic (exact) mass is 328 g/mol. The highest BCUT2D eigenvalue weighted by Crippen LogP contribution is 2.65. The summed E-state index contributed by atoms with van der Waals surface area (Å²) in [6.45, 7) is 6.65. The molecule has 2 nitrogen and oxygen atoms in total. The lowest BCUT2D eigenvalue weighted by molar-refractivity contribution is -0.120. The number of hydrogen-bond donors (Lipinski definition) is 1. The molecule has 0 amide bonds. The SMILES string of the molecule is CC1=C(C(=O)CO)[C@@]2(C)CC[C@H]3[C@@H](CC=C4CCCC[C@@]43C)[C@@H]2C1. The van der Waals surface area contributed by atoms with Crippen molar-refractivity contribution in [3.8, 4) is 0 Å². The third kappa shape index (κ3) is 2.08. The lowest BCUT2D eigenvalue weighted by Crippen LogP contribution is -2.49. The van der Waals surface area contributed by atoms with Crippen LogP contribution in [0.4, 0.5) is 0 Å². The standard InChI is InChI=1S/C22H32O2/c1-14-12-18-16-8-7-15-6-4-5-10-21(15,2)17(16)9-11-22(18,3)20(14)19(24)13-23/h7,16-18,23H,4-6,8-13H2,1-3H3/t16-,17+,18+,21+,22+/m1/s1. The first-order valence-corrected chi connectivity index (χ1v) is 9.95. The molecule has 4 aliphatic rings. The topological polar surface area (TPSA) is 37.3 Å². The molecule has 5 atom stereocenters. The van der Waals surface area contributed by atoms with Crippen LogP contribution in [0.2, 0.25) is 0 Å². The van der Waals surface area contributed by atoms with E-state index in [9.17, 15) is 9.90 Å². The highest BCUT2D eigenvalue weighted by Gasteiger charge is 2.57. The molecule has 4 aliphatic carbocycles. The molecule has 2 saturated carbocycles. The molecule has 0 aromatic rings. The minimum atomic E-state index is -0.329. The summed E-state index contributed by atoms with van der Waals surface area (Å²) in [7, 11) is 0. The van der Waals surface area contributed by atoms with Gasteiger partial charge in [0.15, 0.2) is 5.78 Å². The summed E-state index contributed by atoms with van der Waals surface area (Å²) >= 11 is 0. The molecule has 0 aromatic heterocycles. The number of fused-ring (bicyclic) bond motifs is 5. The van der Waals surface area contributed by atoms with Crippen molar-refractivity contribution in [2.75, 3.05) is 6.61 Å². The molecule has 132 valence electrons. The number of carbonyl (C=O) groups excluding carboxylic acids is 1. The van der Waals surface area contributed by atoms with Crippen LogP contribution in [0.5, 0.6) is 0 Å². The van der Waals surface area contributed by atoms with Crippen LogP contribution in [-0.4, -0.2) is 17.5 Å². The maximum Gasteiger partial charge on any atom is 0.184 e. The number of aliphatic hydroxyl groups is 1. The first kappa shape index (κ1) is 16.6. The molecule has 24 heavy (non-hydrogen) atoms. The van der Waals surface area contributed by atoms with Gasteiger partial charge in [-0.2, -0.15) is 0 Å². The van der Waals surface area contributed by atoms with Crippen LogP contribution in [0.1, 0.15) is 72.1 Å². The Kier molecular flexibility index (Phi) is 3.84. The first-order valence-electron chi connectivity index (χ1n) is 9.95. The minimum absolute atomic E-state index is 0.00142. The Bertz CT molecular complexity index is 628. The first-order chi connectivity index (χ1) is 11.4. The average Bonchev–Trinajstić information content (AvgIpc) is 2.84. The fraction of sp³-hybridized carbons (Fsp3) is 0.773. The van der Waals surface area contributed by atoms with Crippen molar-refractivity contribution in [1.29, 1.82) is 0 Å². The molecule has 0 saturated heterocycles. The van der Waals surface area contributed by atoms with E-state index < -0.39 is 0 Å². The van der Waals surface area contributed by atoms with Gasteiger partial charge in [0, 0.05) is 5.57 Å². The number of carbonyl (C=O) groups is 1. The molecule has 0 aromatic carbocycles. The van der Waals surface area contributed by atoms with Gasteiger partial charge in [-0.25, -0.2) is 0 Å². The van der Waals surface area contributed by atoms with Crippen molar-refractivity contribution in [2.45, 2.75) is 72.1 Å². The second-order valence-electron chi connectivity index (χ2n) is 9.36. The molecule has 0 unspecified atom stereocenters. The zero-order chi connectivity index (χ0) is 17.1. The molecule has 1 N–H and O–H groups in total. The Morgan fingerprint density at radius 1 is 1.21 bits per heavy atom. The van der Waals surface area contributed by atoms with Crippen LogP contribution in [0.3, 0.4) is 0 Å². The predicted molar refractivity (Wildman–Crippen MR) is 96.5 cm³/mol.